The lowest BCUT2D eigenvalue weighted by Crippen LogP contribution is -2.16. The van der Waals surface area contributed by atoms with Crippen LogP contribution in [-0.4, -0.2) is 31.2 Å². The summed E-state index contributed by atoms with van der Waals surface area (Å²) in [5.74, 6) is 0.522. The number of aromatic nitrogens is 1. The van der Waals surface area contributed by atoms with E-state index < -0.39 is 13.0 Å². The summed E-state index contributed by atoms with van der Waals surface area (Å²) in [6.07, 6.45) is 1.69. The Hall–Kier alpha value is -1.74. The normalized spacial score (nSPS) is 13.9. The first-order valence-corrected chi connectivity index (χ1v) is 6.73. The highest BCUT2D eigenvalue weighted by molar-refractivity contribution is 5.54. The molecule has 1 aliphatic rings. The zero-order valence-electron chi connectivity index (χ0n) is 11.2. The molecular formula is C14H17F2N3O. The largest absolute Gasteiger partial charge is 0.374 e. The molecule has 0 aromatic carbocycles. The Morgan fingerprint density at radius 2 is 2.20 bits per heavy atom. The maximum absolute atomic E-state index is 11.9. The Labute approximate surface area is 116 Å². The molecular weight excluding hydrogens is 264 g/mol. The quantitative estimate of drug-likeness (QED) is 0.814. The number of hydrogen-bond acceptors (Lipinski definition) is 4. The standard InChI is InChI=1S/C14H17F2N3O/c15-13(16)9-20-6-5-18-14-11(8-17)7-10-3-1-2-4-12(10)19-14/h7,13H,1-6,9H2,(H,18,19). The van der Waals surface area contributed by atoms with Crippen molar-refractivity contribution >= 4 is 5.82 Å². The number of fused-ring (bicyclic) bond motifs is 1. The molecule has 0 radical (unpaired) electrons. The highest BCUT2D eigenvalue weighted by atomic mass is 19.3. The summed E-state index contributed by atoms with van der Waals surface area (Å²) in [5.41, 5.74) is 2.68. The van der Waals surface area contributed by atoms with Crippen LogP contribution in [0.15, 0.2) is 6.07 Å². The molecule has 20 heavy (non-hydrogen) atoms. The number of alkyl halides is 2. The van der Waals surface area contributed by atoms with Crippen LogP contribution >= 0.6 is 0 Å². The third-order valence-corrected chi connectivity index (χ3v) is 3.20. The molecule has 0 fully saturated rings. The average molecular weight is 281 g/mol. The first kappa shape index (κ1) is 14.7. The van der Waals surface area contributed by atoms with Gasteiger partial charge in [-0.15, -0.1) is 0 Å². The average Bonchev–Trinajstić information content (AvgIpc) is 2.45. The highest BCUT2D eigenvalue weighted by Gasteiger charge is 2.14. The molecule has 0 amide bonds. The molecule has 1 aliphatic carbocycles. The fraction of sp³-hybridized carbons (Fsp3) is 0.571. The molecule has 4 nitrogen and oxygen atoms in total. The third kappa shape index (κ3) is 3.87. The van der Waals surface area contributed by atoms with Crippen LogP contribution in [0.4, 0.5) is 14.6 Å². The van der Waals surface area contributed by atoms with Gasteiger partial charge in [0.1, 0.15) is 18.5 Å². The van der Waals surface area contributed by atoms with Crippen LogP contribution in [0.3, 0.4) is 0 Å². The fourth-order valence-electron chi connectivity index (χ4n) is 2.27. The van der Waals surface area contributed by atoms with Gasteiger partial charge in [-0.3, -0.25) is 0 Å². The molecule has 0 atom stereocenters. The second-order valence-corrected chi connectivity index (χ2v) is 4.70. The van der Waals surface area contributed by atoms with Crippen LogP contribution in [0.1, 0.15) is 29.7 Å². The lowest BCUT2D eigenvalue weighted by molar-refractivity contribution is 0.0215. The van der Waals surface area contributed by atoms with Gasteiger partial charge >= 0.3 is 0 Å². The van der Waals surface area contributed by atoms with Gasteiger partial charge in [-0.1, -0.05) is 0 Å². The Balaban J connectivity index is 1.95. The maximum atomic E-state index is 11.9. The number of hydrogen-bond donors (Lipinski definition) is 1. The lowest BCUT2D eigenvalue weighted by Gasteiger charge is -2.17. The summed E-state index contributed by atoms with van der Waals surface area (Å²) in [6.45, 7) is -0.0500. The number of anilines is 1. The molecule has 1 heterocycles. The molecule has 108 valence electrons. The van der Waals surface area contributed by atoms with E-state index in [9.17, 15) is 8.78 Å². The van der Waals surface area contributed by atoms with Gasteiger partial charge in [-0.05, 0) is 37.3 Å². The Morgan fingerprint density at radius 1 is 1.40 bits per heavy atom. The van der Waals surface area contributed by atoms with Crippen LogP contribution in [-0.2, 0) is 17.6 Å². The minimum absolute atomic E-state index is 0.161. The van der Waals surface area contributed by atoms with Crippen molar-refractivity contribution in [2.75, 3.05) is 25.1 Å². The van der Waals surface area contributed by atoms with Gasteiger partial charge in [-0.2, -0.15) is 5.26 Å². The van der Waals surface area contributed by atoms with Crippen molar-refractivity contribution in [3.05, 3.63) is 22.9 Å². The van der Waals surface area contributed by atoms with Crippen molar-refractivity contribution in [2.24, 2.45) is 0 Å². The summed E-state index contributed by atoms with van der Waals surface area (Å²) in [4.78, 5) is 4.48. The van der Waals surface area contributed by atoms with Gasteiger partial charge in [0.15, 0.2) is 0 Å². The van der Waals surface area contributed by atoms with Gasteiger partial charge < -0.3 is 10.1 Å². The van der Waals surface area contributed by atoms with Crippen molar-refractivity contribution in [3.8, 4) is 6.07 Å². The van der Waals surface area contributed by atoms with Crippen molar-refractivity contribution in [1.82, 2.24) is 4.98 Å². The van der Waals surface area contributed by atoms with Crippen molar-refractivity contribution in [2.45, 2.75) is 32.1 Å². The van der Waals surface area contributed by atoms with E-state index in [2.05, 4.69) is 16.4 Å². The fourth-order valence-corrected chi connectivity index (χ4v) is 2.27. The Morgan fingerprint density at radius 3 is 2.95 bits per heavy atom. The van der Waals surface area contributed by atoms with E-state index in [1.165, 1.54) is 0 Å². The molecule has 0 saturated heterocycles. The zero-order chi connectivity index (χ0) is 14.4. The molecule has 0 bridgehead atoms. The van der Waals surface area contributed by atoms with Crippen LogP contribution in [0.5, 0.6) is 0 Å². The number of aryl methyl sites for hydroxylation is 2. The molecule has 0 saturated carbocycles. The molecule has 2 rings (SSSR count). The number of ether oxygens (including phenoxy) is 1. The van der Waals surface area contributed by atoms with E-state index in [4.69, 9.17) is 10.00 Å². The SMILES string of the molecule is N#Cc1cc2c(nc1NCCOCC(F)F)CCCC2. The number of nitriles is 1. The second-order valence-electron chi connectivity index (χ2n) is 4.70. The minimum atomic E-state index is -2.45. The topological polar surface area (TPSA) is 57.9 Å². The van der Waals surface area contributed by atoms with Crippen LogP contribution in [0, 0.1) is 11.3 Å². The Bertz CT molecular complexity index is 500. The minimum Gasteiger partial charge on any atom is -0.374 e. The van der Waals surface area contributed by atoms with E-state index in [1.54, 1.807) is 0 Å². The molecule has 0 spiro atoms. The number of pyridine rings is 1. The molecule has 1 aromatic rings. The van der Waals surface area contributed by atoms with Gasteiger partial charge in [0.25, 0.3) is 6.43 Å². The van der Waals surface area contributed by atoms with Crippen molar-refractivity contribution < 1.29 is 13.5 Å². The van der Waals surface area contributed by atoms with E-state index in [0.29, 0.717) is 17.9 Å². The summed E-state index contributed by atoms with van der Waals surface area (Å²) in [7, 11) is 0. The second kappa shape index (κ2) is 7.15. The van der Waals surface area contributed by atoms with E-state index in [-0.39, 0.29) is 6.61 Å². The predicted octanol–water partition coefficient (Wildman–Crippen LogP) is 2.53. The molecule has 0 aliphatic heterocycles. The smallest absolute Gasteiger partial charge is 0.261 e. The van der Waals surface area contributed by atoms with Crippen molar-refractivity contribution in [1.29, 1.82) is 5.26 Å². The van der Waals surface area contributed by atoms with Crippen LogP contribution in [0.25, 0.3) is 0 Å². The number of halogens is 2. The lowest BCUT2D eigenvalue weighted by atomic mass is 9.95. The summed E-state index contributed by atoms with van der Waals surface area (Å²) in [6, 6.07) is 4.00. The summed E-state index contributed by atoms with van der Waals surface area (Å²) >= 11 is 0. The van der Waals surface area contributed by atoms with E-state index in [0.717, 1.165) is 36.9 Å². The molecule has 1 aromatic heterocycles. The summed E-state index contributed by atoms with van der Waals surface area (Å²) < 4.78 is 28.6. The molecule has 1 N–H and O–H groups in total. The first-order chi connectivity index (χ1) is 9.70. The predicted molar refractivity (Wildman–Crippen MR) is 70.9 cm³/mol. The maximum Gasteiger partial charge on any atom is 0.261 e. The number of nitrogens with zero attached hydrogens (tertiary/aromatic N) is 2. The van der Waals surface area contributed by atoms with Gasteiger partial charge in [0, 0.05) is 12.2 Å². The van der Waals surface area contributed by atoms with Gasteiger partial charge in [0.2, 0.25) is 0 Å². The molecule has 0 unspecified atom stereocenters. The van der Waals surface area contributed by atoms with E-state index >= 15 is 0 Å². The van der Waals surface area contributed by atoms with Gasteiger partial charge in [-0.25, -0.2) is 13.8 Å². The van der Waals surface area contributed by atoms with Crippen LogP contribution < -0.4 is 5.32 Å². The number of nitrogens with one attached hydrogen (secondary N) is 1. The monoisotopic (exact) mass is 281 g/mol. The zero-order valence-corrected chi connectivity index (χ0v) is 11.2. The summed E-state index contributed by atoms with van der Waals surface area (Å²) in [5, 5.41) is 12.1. The highest BCUT2D eigenvalue weighted by Crippen LogP contribution is 2.24. The van der Waals surface area contributed by atoms with Gasteiger partial charge in [0.05, 0.1) is 12.2 Å². The Kier molecular flexibility index (Phi) is 5.24. The number of rotatable bonds is 6. The third-order valence-electron chi connectivity index (χ3n) is 3.20. The first-order valence-electron chi connectivity index (χ1n) is 6.73. The van der Waals surface area contributed by atoms with E-state index in [1.807, 2.05) is 6.07 Å². The molecule has 6 heteroatoms. The van der Waals surface area contributed by atoms with Crippen LogP contribution in [0.2, 0.25) is 0 Å². The van der Waals surface area contributed by atoms with Crippen molar-refractivity contribution in [3.63, 3.8) is 0 Å².